The number of carbonyl (C=O) groups excluding carboxylic acids is 1. The van der Waals surface area contributed by atoms with Crippen molar-refractivity contribution >= 4 is 39.5 Å². The molecule has 0 bridgehead atoms. The van der Waals surface area contributed by atoms with Crippen LogP contribution in [-0.2, 0) is 0 Å². The van der Waals surface area contributed by atoms with Crippen LogP contribution in [0.4, 0.5) is 5.69 Å². The lowest BCUT2D eigenvalue weighted by Crippen LogP contribution is -1.95. The van der Waals surface area contributed by atoms with E-state index < -0.39 is 4.92 Å². The Balaban J connectivity index is 2.42. The Morgan fingerprint density at radius 2 is 1.95 bits per heavy atom. The molecular weight excluding hydrogens is 378 g/mol. The lowest BCUT2D eigenvalue weighted by molar-refractivity contribution is -0.384. The molecule has 0 fully saturated rings. The van der Waals surface area contributed by atoms with E-state index in [0.717, 1.165) is 0 Å². The van der Waals surface area contributed by atoms with Gasteiger partial charge in [0.2, 0.25) is 0 Å². The average molecular weight is 387 g/mol. The number of nitro benzene ring substituents is 1. The number of carbonyl (C=O) groups is 1. The van der Waals surface area contributed by atoms with Gasteiger partial charge >= 0.3 is 0 Å². The Kier molecular flexibility index (Phi) is 4.99. The van der Waals surface area contributed by atoms with Crippen LogP contribution >= 0.6 is 27.5 Å². The zero-order valence-corrected chi connectivity index (χ0v) is 13.6. The van der Waals surface area contributed by atoms with Crippen LogP contribution in [0.5, 0.6) is 17.2 Å². The number of halogens is 2. The number of hydrogen-bond acceptors (Lipinski definition) is 5. The second-order valence-electron chi connectivity index (χ2n) is 4.12. The third kappa shape index (κ3) is 3.37. The third-order valence-electron chi connectivity index (χ3n) is 2.76. The summed E-state index contributed by atoms with van der Waals surface area (Å²) in [5.74, 6) is 0.861. The molecule has 0 aliphatic heterocycles. The number of hydrogen-bond donors (Lipinski definition) is 0. The van der Waals surface area contributed by atoms with Gasteiger partial charge in [0.25, 0.3) is 5.69 Å². The van der Waals surface area contributed by atoms with Crippen LogP contribution in [0, 0.1) is 10.1 Å². The van der Waals surface area contributed by atoms with E-state index in [1.165, 1.54) is 31.4 Å². The van der Waals surface area contributed by atoms with Crippen molar-refractivity contribution in [2.24, 2.45) is 0 Å². The van der Waals surface area contributed by atoms with E-state index in [1.54, 1.807) is 6.07 Å². The summed E-state index contributed by atoms with van der Waals surface area (Å²) in [6.07, 6.45) is 0.661. The summed E-state index contributed by atoms with van der Waals surface area (Å²) in [4.78, 5) is 21.1. The van der Waals surface area contributed by atoms with Crippen LogP contribution in [0.15, 0.2) is 34.8 Å². The van der Waals surface area contributed by atoms with Gasteiger partial charge in [-0.15, -0.1) is 0 Å². The van der Waals surface area contributed by atoms with Gasteiger partial charge < -0.3 is 9.47 Å². The van der Waals surface area contributed by atoms with Crippen LogP contribution in [0.25, 0.3) is 0 Å². The summed E-state index contributed by atoms with van der Waals surface area (Å²) in [7, 11) is 1.45. The number of methoxy groups -OCH3 is 1. The number of rotatable bonds is 5. The molecule has 0 atom stereocenters. The topological polar surface area (TPSA) is 78.7 Å². The maximum absolute atomic E-state index is 11.0. The lowest BCUT2D eigenvalue weighted by Gasteiger charge is -2.12. The summed E-state index contributed by atoms with van der Waals surface area (Å²) in [6.45, 7) is 0. The fourth-order valence-electron chi connectivity index (χ4n) is 1.69. The summed E-state index contributed by atoms with van der Waals surface area (Å²) < 4.78 is 11.3. The Morgan fingerprint density at radius 1 is 1.23 bits per heavy atom. The Hall–Kier alpha value is -2.12. The quantitative estimate of drug-likeness (QED) is 0.425. The van der Waals surface area contributed by atoms with Gasteiger partial charge in [-0.2, -0.15) is 0 Å². The molecule has 8 heteroatoms. The highest BCUT2D eigenvalue weighted by Crippen LogP contribution is 2.39. The molecule has 0 aliphatic rings. The van der Waals surface area contributed by atoms with Crippen molar-refractivity contribution in [2.75, 3.05) is 7.11 Å². The summed E-state index contributed by atoms with van der Waals surface area (Å²) in [5, 5.41) is 10.8. The van der Waals surface area contributed by atoms with E-state index in [4.69, 9.17) is 21.1 Å². The van der Waals surface area contributed by atoms with Crippen LogP contribution < -0.4 is 9.47 Å². The predicted molar refractivity (Wildman–Crippen MR) is 84.3 cm³/mol. The molecule has 114 valence electrons. The fourth-order valence-corrected chi connectivity index (χ4v) is 2.31. The Morgan fingerprint density at radius 3 is 2.50 bits per heavy atom. The fraction of sp³-hybridized carbons (Fsp3) is 0.0714. The van der Waals surface area contributed by atoms with Gasteiger partial charge in [0.05, 0.1) is 17.1 Å². The van der Waals surface area contributed by atoms with E-state index in [9.17, 15) is 14.9 Å². The van der Waals surface area contributed by atoms with E-state index in [0.29, 0.717) is 22.1 Å². The Bertz CT molecular complexity index is 750. The van der Waals surface area contributed by atoms with Crippen molar-refractivity contribution in [3.8, 4) is 17.2 Å². The maximum atomic E-state index is 11.0. The molecule has 0 aliphatic carbocycles. The monoisotopic (exact) mass is 385 g/mol. The first-order valence-corrected chi connectivity index (χ1v) is 7.08. The molecule has 0 radical (unpaired) electrons. The van der Waals surface area contributed by atoms with Gasteiger partial charge in [-0.3, -0.25) is 14.9 Å². The van der Waals surface area contributed by atoms with Crippen LogP contribution in [0.1, 0.15) is 10.4 Å². The molecule has 2 aromatic rings. The molecule has 0 unspecified atom stereocenters. The number of nitro groups is 1. The molecule has 0 aromatic heterocycles. The number of nitrogens with zero attached hydrogens (tertiary/aromatic N) is 1. The first-order chi connectivity index (χ1) is 10.5. The molecule has 0 N–H and O–H groups in total. The van der Waals surface area contributed by atoms with Gasteiger partial charge in [0.15, 0.2) is 17.8 Å². The van der Waals surface area contributed by atoms with E-state index in [-0.39, 0.29) is 22.2 Å². The predicted octanol–water partition coefficient (Wildman–Crippen LogP) is 4.62. The summed E-state index contributed by atoms with van der Waals surface area (Å²) in [6, 6.07) is 6.89. The van der Waals surface area contributed by atoms with Gasteiger partial charge in [-0.05, 0) is 34.1 Å². The highest BCUT2D eigenvalue weighted by Gasteiger charge is 2.15. The van der Waals surface area contributed by atoms with Crippen molar-refractivity contribution in [2.45, 2.75) is 0 Å². The lowest BCUT2D eigenvalue weighted by atomic mass is 10.2. The first kappa shape index (κ1) is 16.3. The number of ether oxygens (including phenoxy) is 2. The second-order valence-corrected chi connectivity index (χ2v) is 5.38. The first-order valence-electron chi connectivity index (χ1n) is 5.90. The van der Waals surface area contributed by atoms with Crippen molar-refractivity contribution in [3.05, 3.63) is 55.5 Å². The second kappa shape index (κ2) is 6.76. The average Bonchev–Trinajstić information content (AvgIpc) is 2.50. The molecule has 0 spiro atoms. The molecule has 2 aromatic carbocycles. The molecule has 6 nitrogen and oxygen atoms in total. The van der Waals surface area contributed by atoms with Gasteiger partial charge in [-0.1, -0.05) is 11.6 Å². The van der Waals surface area contributed by atoms with Crippen LogP contribution in [-0.4, -0.2) is 18.3 Å². The van der Waals surface area contributed by atoms with Gasteiger partial charge in [0.1, 0.15) is 5.75 Å². The smallest absolute Gasteiger partial charge is 0.271 e. The van der Waals surface area contributed by atoms with E-state index in [1.807, 2.05) is 0 Å². The molecule has 22 heavy (non-hydrogen) atoms. The maximum Gasteiger partial charge on any atom is 0.271 e. The Labute approximate surface area is 138 Å². The van der Waals surface area contributed by atoms with Crippen molar-refractivity contribution in [1.82, 2.24) is 0 Å². The SMILES string of the molecule is COc1cc(Br)c(C=O)cc1Oc1ccc([N+](=O)[O-])cc1Cl. The van der Waals surface area contributed by atoms with Crippen LogP contribution in [0.2, 0.25) is 5.02 Å². The molecule has 0 amide bonds. The number of benzene rings is 2. The molecule has 0 saturated heterocycles. The minimum atomic E-state index is -0.555. The molecule has 0 heterocycles. The third-order valence-corrected chi connectivity index (χ3v) is 3.74. The number of non-ortho nitro benzene ring substituents is 1. The summed E-state index contributed by atoms with van der Waals surface area (Å²) in [5.41, 5.74) is 0.225. The standard InChI is InChI=1S/C14H9BrClNO5/c1-21-13-6-10(15)8(7-18)4-14(13)22-12-3-2-9(17(19)20)5-11(12)16/h2-7H,1H3. The van der Waals surface area contributed by atoms with Crippen molar-refractivity contribution < 1.29 is 19.2 Å². The highest BCUT2D eigenvalue weighted by molar-refractivity contribution is 9.10. The minimum Gasteiger partial charge on any atom is -0.493 e. The summed E-state index contributed by atoms with van der Waals surface area (Å²) >= 11 is 9.21. The van der Waals surface area contributed by atoms with Crippen molar-refractivity contribution in [3.63, 3.8) is 0 Å². The molecular formula is C14H9BrClNO5. The van der Waals surface area contributed by atoms with E-state index in [2.05, 4.69) is 15.9 Å². The van der Waals surface area contributed by atoms with Crippen molar-refractivity contribution in [1.29, 1.82) is 0 Å². The highest BCUT2D eigenvalue weighted by atomic mass is 79.9. The number of aldehydes is 1. The van der Waals surface area contributed by atoms with E-state index >= 15 is 0 Å². The van der Waals surface area contributed by atoms with Gasteiger partial charge in [0, 0.05) is 22.2 Å². The normalized spacial score (nSPS) is 10.1. The zero-order valence-electron chi connectivity index (χ0n) is 11.2. The van der Waals surface area contributed by atoms with Crippen LogP contribution in [0.3, 0.4) is 0 Å². The largest absolute Gasteiger partial charge is 0.493 e. The zero-order chi connectivity index (χ0) is 16.3. The molecule has 2 rings (SSSR count). The minimum absolute atomic E-state index is 0.0758. The molecule has 0 saturated carbocycles. The van der Waals surface area contributed by atoms with Gasteiger partial charge in [-0.25, -0.2) is 0 Å².